The molecule has 3 aromatic rings. The molecule has 4 aliphatic heterocycles. The molecule has 0 bridgehead atoms. The Hall–Kier alpha value is -3.98. The molecule has 1 N–H and O–H groups in total. The standard InChI is InChI=1S/C30H31N5O4/c1-33-16-21(14-31-33)20-4-2-3-19(13-20)15-34-11-9-30(10-12-34)18-39-27-23-17-35(25-7-8-26(36)32-28(25)37)29(38)22(23)5-6-24(27)30/h2-6,13-14,16,25H,7-12,15,17-18H2,1H3,(H,32,36,37). The number of nitrogens with one attached hydrogen (secondary N) is 1. The highest BCUT2D eigenvalue weighted by Gasteiger charge is 2.47. The maximum atomic E-state index is 13.2. The van der Waals surface area contributed by atoms with Gasteiger partial charge in [-0.15, -0.1) is 0 Å². The molecule has 2 fully saturated rings. The van der Waals surface area contributed by atoms with Crippen LogP contribution in [-0.4, -0.2) is 63.0 Å². The summed E-state index contributed by atoms with van der Waals surface area (Å²) in [4.78, 5) is 41.4. The summed E-state index contributed by atoms with van der Waals surface area (Å²) in [5, 5.41) is 6.67. The quantitative estimate of drug-likeness (QED) is 0.527. The molecule has 1 atom stereocenters. The van der Waals surface area contributed by atoms with Crippen LogP contribution in [0.5, 0.6) is 5.75 Å². The van der Waals surface area contributed by atoms with Crippen LogP contribution in [0.25, 0.3) is 11.1 Å². The minimum Gasteiger partial charge on any atom is -0.492 e. The molecule has 1 aromatic heterocycles. The SMILES string of the molecule is Cn1cc(-c2cccc(CN3CCC4(CC3)COc3c4ccc4c3CN(C3CCC(=O)NC3=O)C4=O)c2)cn1. The predicted molar refractivity (Wildman–Crippen MR) is 143 cm³/mol. The first-order valence-electron chi connectivity index (χ1n) is 13.6. The van der Waals surface area contributed by atoms with E-state index < -0.39 is 6.04 Å². The number of hydrogen-bond acceptors (Lipinski definition) is 6. The van der Waals surface area contributed by atoms with Crippen LogP contribution in [0.3, 0.4) is 0 Å². The van der Waals surface area contributed by atoms with E-state index in [4.69, 9.17) is 4.74 Å². The van der Waals surface area contributed by atoms with Crippen molar-refractivity contribution in [3.63, 3.8) is 0 Å². The Balaban J connectivity index is 1.05. The summed E-state index contributed by atoms with van der Waals surface area (Å²) < 4.78 is 8.15. The lowest BCUT2D eigenvalue weighted by molar-refractivity contribution is -0.136. The molecule has 1 unspecified atom stereocenters. The highest BCUT2D eigenvalue weighted by Crippen LogP contribution is 2.49. The Morgan fingerprint density at radius 1 is 1.10 bits per heavy atom. The molecule has 39 heavy (non-hydrogen) atoms. The van der Waals surface area contributed by atoms with Gasteiger partial charge in [-0.3, -0.25) is 29.3 Å². The zero-order valence-corrected chi connectivity index (χ0v) is 22.0. The van der Waals surface area contributed by atoms with Gasteiger partial charge in [-0.1, -0.05) is 24.3 Å². The summed E-state index contributed by atoms with van der Waals surface area (Å²) in [7, 11) is 1.93. The Bertz CT molecular complexity index is 1500. The monoisotopic (exact) mass is 525 g/mol. The van der Waals surface area contributed by atoms with Crippen LogP contribution in [0, 0.1) is 0 Å². The zero-order valence-electron chi connectivity index (χ0n) is 22.0. The Morgan fingerprint density at radius 3 is 2.72 bits per heavy atom. The molecule has 0 saturated carbocycles. The third kappa shape index (κ3) is 4.03. The Kier molecular flexibility index (Phi) is 5.59. The second-order valence-corrected chi connectivity index (χ2v) is 11.3. The summed E-state index contributed by atoms with van der Waals surface area (Å²) in [5.41, 5.74) is 6.23. The maximum Gasteiger partial charge on any atom is 0.255 e. The first-order valence-corrected chi connectivity index (χ1v) is 13.6. The van der Waals surface area contributed by atoms with Gasteiger partial charge in [-0.05, 0) is 55.6 Å². The molecule has 0 radical (unpaired) electrons. The number of amides is 3. The number of hydrogen-bond donors (Lipinski definition) is 1. The second-order valence-electron chi connectivity index (χ2n) is 11.3. The number of aryl methyl sites for hydroxylation is 1. The third-order valence-electron chi connectivity index (χ3n) is 8.92. The van der Waals surface area contributed by atoms with Crippen molar-refractivity contribution in [2.24, 2.45) is 7.05 Å². The molecule has 4 aliphatic rings. The van der Waals surface area contributed by atoms with Crippen LogP contribution in [0.1, 0.15) is 52.7 Å². The van der Waals surface area contributed by atoms with E-state index in [0.717, 1.165) is 49.4 Å². The number of ether oxygens (including phenoxy) is 1. The number of rotatable bonds is 4. The van der Waals surface area contributed by atoms with Crippen LogP contribution in [0.15, 0.2) is 48.8 Å². The van der Waals surface area contributed by atoms with Crippen molar-refractivity contribution in [3.05, 3.63) is 71.0 Å². The largest absolute Gasteiger partial charge is 0.492 e. The van der Waals surface area contributed by atoms with Crippen molar-refractivity contribution in [1.29, 1.82) is 0 Å². The number of piperidine rings is 2. The summed E-state index contributed by atoms with van der Waals surface area (Å²) in [6, 6.07) is 12.0. The molecular formula is C30H31N5O4. The average molecular weight is 526 g/mol. The molecule has 2 saturated heterocycles. The number of benzene rings is 2. The number of carbonyl (C=O) groups excluding carboxylic acids is 3. The third-order valence-corrected chi connectivity index (χ3v) is 8.92. The van der Waals surface area contributed by atoms with E-state index >= 15 is 0 Å². The van der Waals surface area contributed by atoms with Gasteiger partial charge in [-0.25, -0.2) is 0 Å². The van der Waals surface area contributed by atoms with Gasteiger partial charge in [0.2, 0.25) is 11.8 Å². The van der Waals surface area contributed by atoms with E-state index in [1.54, 1.807) is 4.90 Å². The maximum absolute atomic E-state index is 13.2. The van der Waals surface area contributed by atoms with Crippen molar-refractivity contribution < 1.29 is 19.1 Å². The molecule has 5 heterocycles. The van der Waals surface area contributed by atoms with Gasteiger partial charge in [0.1, 0.15) is 11.8 Å². The van der Waals surface area contributed by atoms with Crippen molar-refractivity contribution >= 4 is 17.7 Å². The fourth-order valence-corrected chi connectivity index (χ4v) is 6.71. The van der Waals surface area contributed by atoms with Crippen molar-refractivity contribution in [2.75, 3.05) is 19.7 Å². The van der Waals surface area contributed by atoms with Gasteiger partial charge in [0.25, 0.3) is 5.91 Å². The molecule has 2 aromatic carbocycles. The van der Waals surface area contributed by atoms with Gasteiger partial charge < -0.3 is 9.64 Å². The average Bonchev–Trinajstić information content (AvgIpc) is 3.62. The van der Waals surface area contributed by atoms with Gasteiger partial charge >= 0.3 is 0 Å². The number of fused-ring (bicyclic) bond motifs is 4. The lowest BCUT2D eigenvalue weighted by Gasteiger charge is -2.38. The fraction of sp³-hybridized carbons (Fsp3) is 0.400. The summed E-state index contributed by atoms with van der Waals surface area (Å²) in [6.45, 7) is 3.81. The van der Waals surface area contributed by atoms with Crippen LogP contribution in [0.4, 0.5) is 0 Å². The van der Waals surface area contributed by atoms with E-state index in [1.807, 2.05) is 30.2 Å². The number of aromatic nitrogens is 2. The number of likely N-dealkylation sites (tertiary alicyclic amines) is 1. The summed E-state index contributed by atoms with van der Waals surface area (Å²) in [6.07, 6.45) is 6.53. The number of nitrogens with zero attached hydrogens (tertiary/aromatic N) is 4. The number of carbonyl (C=O) groups is 3. The topological polar surface area (TPSA) is 96.8 Å². The van der Waals surface area contributed by atoms with E-state index in [1.165, 1.54) is 16.7 Å². The molecule has 3 amide bonds. The smallest absolute Gasteiger partial charge is 0.255 e. The molecule has 0 aliphatic carbocycles. The highest BCUT2D eigenvalue weighted by molar-refractivity contribution is 6.05. The normalized spacial score (nSPS) is 22.1. The minimum absolute atomic E-state index is 0.0521. The van der Waals surface area contributed by atoms with E-state index in [-0.39, 0.29) is 29.6 Å². The Morgan fingerprint density at radius 2 is 1.95 bits per heavy atom. The van der Waals surface area contributed by atoms with E-state index in [2.05, 4.69) is 45.6 Å². The highest BCUT2D eigenvalue weighted by atomic mass is 16.5. The van der Waals surface area contributed by atoms with Gasteiger partial charge in [0.15, 0.2) is 0 Å². The fourth-order valence-electron chi connectivity index (χ4n) is 6.71. The van der Waals surface area contributed by atoms with Crippen molar-refractivity contribution in [1.82, 2.24) is 24.9 Å². The minimum atomic E-state index is -0.617. The molecular weight excluding hydrogens is 494 g/mol. The van der Waals surface area contributed by atoms with Gasteiger partial charge in [0, 0.05) is 53.9 Å². The van der Waals surface area contributed by atoms with E-state index in [9.17, 15) is 14.4 Å². The first kappa shape index (κ1) is 24.1. The lowest BCUT2D eigenvalue weighted by atomic mass is 9.74. The molecule has 9 heteroatoms. The summed E-state index contributed by atoms with van der Waals surface area (Å²) in [5.74, 6) is 0.00218. The van der Waals surface area contributed by atoms with Crippen LogP contribution in [-0.2, 0) is 35.1 Å². The first-order chi connectivity index (χ1) is 18.9. The van der Waals surface area contributed by atoms with Crippen LogP contribution < -0.4 is 10.1 Å². The van der Waals surface area contributed by atoms with Crippen LogP contribution >= 0.6 is 0 Å². The molecule has 7 rings (SSSR count). The predicted octanol–water partition coefficient (Wildman–Crippen LogP) is 2.77. The second kappa shape index (κ2) is 9.05. The van der Waals surface area contributed by atoms with Gasteiger partial charge in [0.05, 0.1) is 19.3 Å². The Labute approximate surface area is 226 Å². The van der Waals surface area contributed by atoms with Crippen molar-refractivity contribution in [3.8, 4) is 16.9 Å². The van der Waals surface area contributed by atoms with Crippen molar-refractivity contribution in [2.45, 2.75) is 50.2 Å². The molecule has 9 nitrogen and oxygen atoms in total. The number of imide groups is 1. The molecule has 1 spiro atoms. The van der Waals surface area contributed by atoms with Crippen LogP contribution in [0.2, 0.25) is 0 Å². The molecule has 200 valence electrons. The lowest BCUT2D eigenvalue weighted by Crippen LogP contribution is -2.52. The van der Waals surface area contributed by atoms with E-state index in [0.29, 0.717) is 25.1 Å². The zero-order chi connectivity index (χ0) is 26.7. The summed E-state index contributed by atoms with van der Waals surface area (Å²) >= 11 is 0. The van der Waals surface area contributed by atoms with Gasteiger partial charge in [-0.2, -0.15) is 5.10 Å².